The molecule has 0 amide bonds. The molecule has 0 unspecified atom stereocenters. The van der Waals surface area contributed by atoms with Crippen molar-refractivity contribution in [2.45, 2.75) is 0 Å². The lowest BCUT2D eigenvalue weighted by molar-refractivity contribution is 1.29. The van der Waals surface area contributed by atoms with Crippen molar-refractivity contribution in [1.82, 2.24) is 4.98 Å². The van der Waals surface area contributed by atoms with Gasteiger partial charge in [0.15, 0.2) is 0 Å². The smallest absolute Gasteiger partial charge is 0.0716 e. The topological polar surface area (TPSA) is 16.1 Å². The van der Waals surface area contributed by atoms with E-state index in [0.29, 0.717) is 0 Å². The van der Waals surface area contributed by atoms with Crippen molar-refractivity contribution in [3.63, 3.8) is 0 Å². The Hall–Kier alpha value is -6.29. The Kier molecular flexibility index (Phi) is 6.71. The maximum atomic E-state index is 4.61. The number of hydrogen-bond donors (Lipinski definition) is 0. The van der Waals surface area contributed by atoms with Crippen LogP contribution < -0.4 is 4.90 Å². The molecule has 0 radical (unpaired) electrons. The molecule has 2 heterocycles. The normalized spacial score (nSPS) is 11.6. The molecule has 3 heteroatoms. The van der Waals surface area contributed by atoms with Crippen molar-refractivity contribution >= 4 is 81.0 Å². The van der Waals surface area contributed by atoms with Crippen LogP contribution in [0.4, 0.5) is 17.1 Å². The Morgan fingerprint density at radius 1 is 0.360 bits per heavy atom. The number of anilines is 3. The molecule has 0 aliphatic heterocycles. The Bertz CT molecular complexity index is 2750. The minimum atomic E-state index is 1.03. The van der Waals surface area contributed by atoms with Gasteiger partial charge in [-0.2, -0.15) is 0 Å². The van der Waals surface area contributed by atoms with Crippen molar-refractivity contribution in [2.75, 3.05) is 4.90 Å². The molecule has 0 saturated carbocycles. The molecule has 0 aliphatic rings. The van der Waals surface area contributed by atoms with Crippen molar-refractivity contribution < 1.29 is 0 Å². The van der Waals surface area contributed by atoms with E-state index in [1.54, 1.807) is 0 Å². The third-order valence-corrected chi connectivity index (χ3v) is 11.0. The van der Waals surface area contributed by atoms with Gasteiger partial charge in [-0.1, -0.05) is 109 Å². The van der Waals surface area contributed by atoms with Crippen LogP contribution in [0.5, 0.6) is 0 Å². The standard InChI is InChI=1S/C47H30N2S/c1-3-8-35-26-37(13-11-31(35)6-1)33-15-19-40(20-16-33)49(41-21-17-34(18-22-41)38-14-12-32-7-2-4-9-36(32)27-38)42-23-24-43-44-28-39-10-5-25-48-45(39)30-47(44)50-46(43)29-42/h1-30H. The van der Waals surface area contributed by atoms with Gasteiger partial charge in [0.1, 0.15) is 0 Å². The van der Waals surface area contributed by atoms with Gasteiger partial charge in [-0.3, -0.25) is 4.98 Å². The largest absolute Gasteiger partial charge is 0.310 e. The highest BCUT2D eigenvalue weighted by Crippen LogP contribution is 2.42. The van der Waals surface area contributed by atoms with E-state index >= 15 is 0 Å². The van der Waals surface area contributed by atoms with E-state index < -0.39 is 0 Å². The van der Waals surface area contributed by atoms with Crippen LogP contribution in [0.1, 0.15) is 0 Å². The van der Waals surface area contributed by atoms with Gasteiger partial charge in [-0.15, -0.1) is 11.3 Å². The predicted octanol–water partition coefficient (Wildman–Crippen LogP) is 13.7. The monoisotopic (exact) mass is 654 g/mol. The fourth-order valence-electron chi connectivity index (χ4n) is 7.26. The summed E-state index contributed by atoms with van der Waals surface area (Å²) in [6.07, 6.45) is 1.87. The van der Waals surface area contributed by atoms with Crippen molar-refractivity contribution in [3.8, 4) is 22.3 Å². The van der Waals surface area contributed by atoms with Crippen LogP contribution in [0.15, 0.2) is 182 Å². The van der Waals surface area contributed by atoms with Crippen LogP contribution in [-0.4, -0.2) is 4.98 Å². The first-order chi connectivity index (χ1) is 24.7. The molecular formula is C47H30N2S. The lowest BCUT2D eigenvalue weighted by atomic mass is 10.00. The van der Waals surface area contributed by atoms with Crippen LogP contribution in [0.2, 0.25) is 0 Å². The first kappa shape index (κ1) is 28.7. The number of nitrogens with zero attached hydrogens (tertiary/aromatic N) is 2. The van der Waals surface area contributed by atoms with Crippen molar-refractivity contribution in [2.24, 2.45) is 0 Å². The van der Waals surface area contributed by atoms with E-state index in [0.717, 1.165) is 22.6 Å². The molecule has 0 bridgehead atoms. The lowest BCUT2D eigenvalue weighted by Gasteiger charge is -2.26. The second kappa shape index (κ2) is 11.7. The number of rotatable bonds is 5. The fourth-order valence-corrected chi connectivity index (χ4v) is 8.42. The first-order valence-corrected chi connectivity index (χ1v) is 17.7. The zero-order valence-corrected chi connectivity index (χ0v) is 27.9. The molecular weight excluding hydrogens is 625 g/mol. The van der Waals surface area contributed by atoms with E-state index in [9.17, 15) is 0 Å². The molecule has 2 nitrogen and oxygen atoms in total. The highest BCUT2D eigenvalue weighted by molar-refractivity contribution is 7.25. The van der Waals surface area contributed by atoms with Gasteiger partial charge in [-0.05, 0) is 111 Å². The first-order valence-electron chi connectivity index (χ1n) is 16.9. The zero-order valence-electron chi connectivity index (χ0n) is 27.1. The van der Waals surface area contributed by atoms with Crippen molar-refractivity contribution in [1.29, 1.82) is 0 Å². The molecule has 0 saturated heterocycles. The number of thiophene rings is 1. The Labute approximate surface area is 294 Å². The van der Waals surface area contributed by atoms with Crippen LogP contribution >= 0.6 is 11.3 Å². The van der Waals surface area contributed by atoms with E-state index in [1.807, 2.05) is 23.6 Å². The fraction of sp³-hybridized carbons (Fsp3) is 0. The maximum Gasteiger partial charge on any atom is 0.0716 e. The number of hydrogen-bond acceptors (Lipinski definition) is 3. The van der Waals surface area contributed by atoms with Crippen LogP contribution in [-0.2, 0) is 0 Å². The zero-order chi connectivity index (χ0) is 33.0. The Morgan fingerprint density at radius 3 is 1.50 bits per heavy atom. The predicted molar refractivity (Wildman–Crippen MR) is 215 cm³/mol. The van der Waals surface area contributed by atoms with Gasteiger partial charge in [0, 0.05) is 48.8 Å². The third kappa shape index (κ3) is 4.99. The highest BCUT2D eigenvalue weighted by Gasteiger charge is 2.16. The Morgan fingerprint density at radius 2 is 0.880 bits per heavy atom. The van der Waals surface area contributed by atoms with Gasteiger partial charge in [-0.25, -0.2) is 0 Å². The summed E-state index contributed by atoms with van der Waals surface area (Å²) in [6, 6.07) is 64.0. The third-order valence-electron chi connectivity index (χ3n) is 9.85. The van der Waals surface area contributed by atoms with Gasteiger partial charge in [0.2, 0.25) is 0 Å². The summed E-state index contributed by atoms with van der Waals surface area (Å²) in [6.45, 7) is 0. The second-order valence-corrected chi connectivity index (χ2v) is 14.0. The van der Waals surface area contributed by atoms with Gasteiger partial charge >= 0.3 is 0 Å². The molecule has 8 aromatic carbocycles. The van der Waals surface area contributed by atoms with Gasteiger partial charge in [0.25, 0.3) is 0 Å². The SMILES string of the molecule is c1ccc2cc(-c3ccc(N(c4ccc(-c5ccc6ccccc6c5)cc4)c4ccc5c(c4)sc4cc6ncccc6cc45)cc3)ccc2c1. The quantitative estimate of drug-likeness (QED) is 0.184. The van der Waals surface area contributed by atoms with Crippen molar-refractivity contribution in [3.05, 3.63) is 182 Å². The summed E-state index contributed by atoms with van der Waals surface area (Å²) >= 11 is 1.83. The summed E-state index contributed by atoms with van der Waals surface area (Å²) in [4.78, 5) is 6.98. The van der Waals surface area contributed by atoms with Gasteiger partial charge in [0.05, 0.1) is 5.52 Å². The highest BCUT2D eigenvalue weighted by atomic mass is 32.1. The molecule has 0 spiro atoms. The molecule has 50 heavy (non-hydrogen) atoms. The lowest BCUT2D eigenvalue weighted by Crippen LogP contribution is -2.09. The summed E-state index contributed by atoms with van der Waals surface area (Å²) < 4.78 is 2.52. The molecule has 234 valence electrons. The van der Waals surface area contributed by atoms with Gasteiger partial charge < -0.3 is 4.90 Å². The molecule has 10 rings (SSSR count). The van der Waals surface area contributed by atoms with Crippen LogP contribution in [0, 0.1) is 0 Å². The maximum absolute atomic E-state index is 4.61. The second-order valence-electron chi connectivity index (χ2n) is 12.9. The van der Waals surface area contributed by atoms with Crippen LogP contribution in [0.25, 0.3) is 74.9 Å². The average molecular weight is 655 g/mol. The summed E-state index contributed by atoms with van der Waals surface area (Å²) in [5.41, 5.74) is 9.23. The van der Waals surface area contributed by atoms with E-state index in [-0.39, 0.29) is 0 Å². The summed E-state index contributed by atoms with van der Waals surface area (Å²) in [5.74, 6) is 0. The average Bonchev–Trinajstić information content (AvgIpc) is 3.53. The molecule has 0 aliphatic carbocycles. The molecule has 10 aromatic rings. The molecule has 0 N–H and O–H groups in total. The Balaban J connectivity index is 1.08. The number of aromatic nitrogens is 1. The molecule has 0 atom stereocenters. The minimum Gasteiger partial charge on any atom is -0.310 e. The molecule has 0 fully saturated rings. The van der Waals surface area contributed by atoms with E-state index in [2.05, 4.69) is 180 Å². The number of pyridine rings is 1. The summed E-state index contributed by atoms with van der Waals surface area (Å²) in [5, 5.41) is 8.74. The summed E-state index contributed by atoms with van der Waals surface area (Å²) in [7, 11) is 0. The van der Waals surface area contributed by atoms with E-state index in [4.69, 9.17) is 0 Å². The number of benzene rings is 8. The van der Waals surface area contributed by atoms with Crippen LogP contribution in [0.3, 0.4) is 0 Å². The number of fused-ring (bicyclic) bond motifs is 6. The van der Waals surface area contributed by atoms with E-state index in [1.165, 1.54) is 69.4 Å². The minimum absolute atomic E-state index is 1.03. The molecule has 2 aromatic heterocycles.